The molecule has 0 bridgehead atoms. The third-order valence-corrected chi connectivity index (χ3v) is 5.66. The van der Waals surface area contributed by atoms with E-state index in [-0.39, 0.29) is 12.5 Å². The van der Waals surface area contributed by atoms with Crippen LogP contribution in [0.2, 0.25) is 0 Å². The second-order valence-corrected chi connectivity index (χ2v) is 7.81. The van der Waals surface area contributed by atoms with E-state index in [0.717, 1.165) is 41.6 Å². The molecule has 0 saturated carbocycles. The molecule has 1 aromatic heterocycles. The van der Waals surface area contributed by atoms with Gasteiger partial charge in [-0.05, 0) is 56.2 Å². The van der Waals surface area contributed by atoms with Gasteiger partial charge in [-0.1, -0.05) is 24.6 Å². The van der Waals surface area contributed by atoms with Crippen LogP contribution in [0.4, 0.5) is 5.69 Å². The molecular formula is C20H23NO3S. The minimum atomic E-state index is -0.400. The van der Waals surface area contributed by atoms with Gasteiger partial charge in [0.2, 0.25) is 0 Å². The first-order chi connectivity index (χ1) is 11.9. The van der Waals surface area contributed by atoms with Crippen LogP contribution in [0.25, 0.3) is 0 Å². The van der Waals surface area contributed by atoms with E-state index in [0.29, 0.717) is 11.5 Å². The molecule has 5 heteroatoms. The molecule has 1 N–H and O–H groups in total. The van der Waals surface area contributed by atoms with Crippen molar-refractivity contribution < 1.29 is 14.3 Å². The lowest BCUT2D eigenvalue weighted by Gasteiger charge is -2.18. The summed E-state index contributed by atoms with van der Waals surface area (Å²) in [5.74, 6) is -0.0561. The Morgan fingerprint density at radius 2 is 2.12 bits per heavy atom. The SMILES string of the molecule is Cc1ccc(NC(=O)COC(=O)c2csc3c2CCC(C)C3)c(C)c1. The molecule has 1 unspecified atom stereocenters. The van der Waals surface area contributed by atoms with Crippen molar-refractivity contribution >= 4 is 28.9 Å². The van der Waals surface area contributed by atoms with Crippen LogP contribution >= 0.6 is 11.3 Å². The van der Waals surface area contributed by atoms with Crippen LogP contribution in [0.15, 0.2) is 23.6 Å². The summed E-state index contributed by atoms with van der Waals surface area (Å²) >= 11 is 1.62. The smallest absolute Gasteiger partial charge is 0.339 e. The van der Waals surface area contributed by atoms with Gasteiger partial charge in [0.05, 0.1) is 5.56 Å². The van der Waals surface area contributed by atoms with E-state index < -0.39 is 5.97 Å². The number of hydrogen-bond donors (Lipinski definition) is 1. The number of fused-ring (bicyclic) bond motifs is 1. The van der Waals surface area contributed by atoms with E-state index in [1.165, 1.54) is 4.88 Å². The van der Waals surface area contributed by atoms with Crippen LogP contribution in [-0.4, -0.2) is 18.5 Å². The normalized spacial score (nSPS) is 16.2. The summed E-state index contributed by atoms with van der Waals surface area (Å²) in [6.45, 7) is 5.90. The van der Waals surface area contributed by atoms with E-state index >= 15 is 0 Å². The topological polar surface area (TPSA) is 55.4 Å². The summed E-state index contributed by atoms with van der Waals surface area (Å²) in [4.78, 5) is 25.7. The van der Waals surface area contributed by atoms with Gasteiger partial charge >= 0.3 is 5.97 Å². The molecule has 25 heavy (non-hydrogen) atoms. The first-order valence-electron chi connectivity index (χ1n) is 8.57. The summed E-state index contributed by atoms with van der Waals surface area (Å²) in [7, 11) is 0. The molecule has 1 aromatic carbocycles. The molecule has 1 heterocycles. The largest absolute Gasteiger partial charge is 0.452 e. The van der Waals surface area contributed by atoms with Crippen molar-refractivity contribution in [2.45, 2.75) is 40.0 Å². The average molecular weight is 357 g/mol. The van der Waals surface area contributed by atoms with E-state index in [2.05, 4.69) is 12.2 Å². The molecule has 1 aliphatic rings. The highest BCUT2D eigenvalue weighted by Gasteiger charge is 2.24. The highest BCUT2D eigenvalue weighted by atomic mass is 32.1. The minimum Gasteiger partial charge on any atom is -0.452 e. The number of thiophene rings is 1. The van der Waals surface area contributed by atoms with E-state index in [4.69, 9.17) is 4.74 Å². The lowest BCUT2D eigenvalue weighted by molar-refractivity contribution is -0.119. The monoisotopic (exact) mass is 357 g/mol. The maximum absolute atomic E-state index is 12.3. The molecule has 1 atom stereocenters. The second kappa shape index (κ2) is 7.40. The standard InChI is InChI=1S/C20H23NO3S/c1-12-5-7-17(14(3)8-12)21-19(22)10-24-20(23)16-11-25-18-9-13(2)4-6-15(16)18/h5,7-8,11,13H,4,6,9-10H2,1-3H3,(H,21,22). The van der Waals surface area contributed by atoms with Gasteiger partial charge < -0.3 is 10.1 Å². The van der Waals surface area contributed by atoms with Crippen LogP contribution in [0.1, 0.15) is 45.3 Å². The maximum atomic E-state index is 12.3. The Morgan fingerprint density at radius 3 is 2.88 bits per heavy atom. The number of anilines is 1. The predicted molar refractivity (Wildman–Crippen MR) is 100 cm³/mol. The Kier molecular flexibility index (Phi) is 5.23. The first kappa shape index (κ1) is 17.7. The number of esters is 1. The zero-order valence-corrected chi connectivity index (χ0v) is 15.7. The summed E-state index contributed by atoms with van der Waals surface area (Å²) in [5, 5.41) is 4.66. The van der Waals surface area contributed by atoms with E-state index in [1.54, 1.807) is 11.3 Å². The van der Waals surface area contributed by atoms with Crippen molar-refractivity contribution in [3.8, 4) is 0 Å². The fraction of sp³-hybridized carbons (Fsp3) is 0.400. The Bertz CT molecular complexity index is 809. The van der Waals surface area contributed by atoms with E-state index in [1.807, 2.05) is 37.4 Å². The molecule has 1 amide bonds. The van der Waals surface area contributed by atoms with Crippen LogP contribution in [0.5, 0.6) is 0 Å². The van der Waals surface area contributed by atoms with Crippen molar-refractivity contribution in [3.05, 3.63) is 50.7 Å². The predicted octanol–water partition coefficient (Wildman–Crippen LogP) is 4.29. The van der Waals surface area contributed by atoms with Gasteiger partial charge in [0, 0.05) is 15.9 Å². The zero-order chi connectivity index (χ0) is 18.0. The highest BCUT2D eigenvalue weighted by Crippen LogP contribution is 2.33. The van der Waals surface area contributed by atoms with Crippen LogP contribution in [-0.2, 0) is 22.4 Å². The number of hydrogen-bond acceptors (Lipinski definition) is 4. The molecule has 0 spiro atoms. The zero-order valence-electron chi connectivity index (χ0n) is 14.8. The van der Waals surface area contributed by atoms with Gasteiger partial charge in [-0.15, -0.1) is 11.3 Å². The lowest BCUT2D eigenvalue weighted by Crippen LogP contribution is -2.22. The van der Waals surface area contributed by atoms with Crippen LogP contribution in [0, 0.1) is 19.8 Å². The number of rotatable bonds is 4. The molecule has 132 valence electrons. The molecule has 4 nitrogen and oxygen atoms in total. The lowest BCUT2D eigenvalue weighted by atomic mass is 9.88. The molecule has 0 saturated heterocycles. The van der Waals surface area contributed by atoms with Gasteiger partial charge in [0.15, 0.2) is 6.61 Å². The first-order valence-corrected chi connectivity index (χ1v) is 9.45. The Morgan fingerprint density at radius 1 is 1.32 bits per heavy atom. The van der Waals surface area contributed by atoms with Gasteiger partial charge in [-0.2, -0.15) is 0 Å². The third kappa shape index (κ3) is 4.10. The third-order valence-electron chi connectivity index (χ3n) is 4.61. The molecule has 1 aliphatic carbocycles. The summed E-state index contributed by atoms with van der Waals surface area (Å²) in [6, 6.07) is 5.80. The summed E-state index contributed by atoms with van der Waals surface area (Å²) < 4.78 is 5.23. The quantitative estimate of drug-likeness (QED) is 0.831. The molecule has 0 fully saturated rings. The van der Waals surface area contributed by atoms with Gasteiger partial charge in [0.25, 0.3) is 5.91 Å². The number of nitrogens with one attached hydrogen (secondary N) is 1. The number of carbonyl (C=O) groups is 2. The van der Waals surface area contributed by atoms with Crippen molar-refractivity contribution in [1.29, 1.82) is 0 Å². The Hall–Kier alpha value is -2.14. The number of aryl methyl sites for hydroxylation is 2. The van der Waals surface area contributed by atoms with Crippen molar-refractivity contribution in [2.24, 2.45) is 5.92 Å². The molecular weight excluding hydrogens is 334 g/mol. The number of carbonyl (C=O) groups excluding carboxylic acids is 2. The molecule has 0 aliphatic heterocycles. The van der Waals surface area contributed by atoms with Crippen molar-refractivity contribution in [3.63, 3.8) is 0 Å². The fourth-order valence-electron chi connectivity index (χ4n) is 3.20. The average Bonchev–Trinajstić information content (AvgIpc) is 2.98. The van der Waals surface area contributed by atoms with Crippen molar-refractivity contribution in [1.82, 2.24) is 0 Å². The van der Waals surface area contributed by atoms with E-state index in [9.17, 15) is 9.59 Å². The molecule has 0 radical (unpaired) electrons. The highest BCUT2D eigenvalue weighted by molar-refractivity contribution is 7.10. The second-order valence-electron chi connectivity index (χ2n) is 6.84. The van der Waals surface area contributed by atoms with Gasteiger partial charge in [-0.3, -0.25) is 4.79 Å². The van der Waals surface area contributed by atoms with Crippen LogP contribution < -0.4 is 5.32 Å². The Labute approximate surface area is 152 Å². The summed E-state index contributed by atoms with van der Waals surface area (Å²) in [5.41, 5.74) is 4.61. The fourth-order valence-corrected chi connectivity index (χ4v) is 4.43. The Balaban J connectivity index is 1.58. The maximum Gasteiger partial charge on any atom is 0.339 e. The number of ether oxygens (including phenoxy) is 1. The van der Waals surface area contributed by atoms with Crippen LogP contribution in [0.3, 0.4) is 0 Å². The number of benzene rings is 1. The van der Waals surface area contributed by atoms with Gasteiger partial charge in [-0.25, -0.2) is 4.79 Å². The molecule has 2 aromatic rings. The van der Waals surface area contributed by atoms with Gasteiger partial charge in [0.1, 0.15) is 0 Å². The minimum absolute atomic E-state index is 0.271. The molecule has 3 rings (SSSR count). The van der Waals surface area contributed by atoms with Crippen molar-refractivity contribution in [2.75, 3.05) is 11.9 Å². The number of amides is 1. The summed E-state index contributed by atoms with van der Waals surface area (Å²) in [6.07, 6.45) is 3.04.